The highest BCUT2D eigenvalue weighted by atomic mass is 32.2. The number of azide groups is 1. The minimum atomic E-state index is -3.78. The van der Waals surface area contributed by atoms with Gasteiger partial charge < -0.3 is 14.2 Å². The normalized spacial score (nSPS) is 32.3. The molecule has 3 rings (SSSR count). The molecule has 0 N–H and O–H groups in total. The second-order valence-electron chi connectivity index (χ2n) is 5.60. The van der Waals surface area contributed by atoms with E-state index in [0.29, 0.717) is 0 Å². The highest BCUT2D eigenvalue weighted by Gasteiger charge is 2.53. The average Bonchev–Trinajstić information content (AvgIpc) is 2.96. The van der Waals surface area contributed by atoms with Crippen molar-refractivity contribution >= 4 is 10.1 Å². The van der Waals surface area contributed by atoms with Crippen LogP contribution in [0.2, 0.25) is 0 Å². The highest BCUT2D eigenvalue weighted by molar-refractivity contribution is 7.86. The van der Waals surface area contributed by atoms with Crippen LogP contribution >= 0.6 is 0 Å². The summed E-state index contributed by atoms with van der Waals surface area (Å²) in [5.74, 6) is 0. The molecular weight excluding hydrogens is 338 g/mol. The van der Waals surface area contributed by atoms with Gasteiger partial charge in [-0.1, -0.05) is 35.4 Å². The van der Waals surface area contributed by atoms with Crippen molar-refractivity contribution in [1.82, 2.24) is 0 Å². The van der Waals surface area contributed by atoms with Crippen molar-refractivity contribution in [3.8, 4) is 0 Å². The van der Waals surface area contributed by atoms with Crippen LogP contribution in [0.15, 0.2) is 35.4 Å². The summed E-state index contributed by atoms with van der Waals surface area (Å²) in [5, 5.41) is 3.59. The van der Waals surface area contributed by atoms with Crippen molar-refractivity contribution in [2.45, 2.75) is 37.3 Å². The van der Waals surface area contributed by atoms with Crippen molar-refractivity contribution in [2.75, 3.05) is 12.9 Å². The molecule has 5 atom stereocenters. The first-order valence-corrected chi connectivity index (χ1v) is 9.14. The molecule has 0 spiro atoms. The fraction of sp³-hybridized carbons (Fsp3) is 0.571. The van der Waals surface area contributed by atoms with Gasteiger partial charge in [0, 0.05) is 4.91 Å². The van der Waals surface area contributed by atoms with Crippen LogP contribution < -0.4 is 0 Å². The molecule has 2 aliphatic rings. The van der Waals surface area contributed by atoms with E-state index in [1.807, 2.05) is 30.3 Å². The summed E-state index contributed by atoms with van der Waals surface area (Å²) in [7, 11) is -3.78. The lowest BCUT2D eigenvalue weighted by Gasteiger charge is -2.37. The number of ether oxygens (including phenoxy) is 3. The fourth-order valence-electron chi connectivity index (χ4n) is 2.81. The molecular formula is C14H17N3O6S. The van der Waals surface area contributed by atoms with E-state index in [-0.39, 0.29) is 13.2 Å². The number of fused-ring (bicyclic) bond motifs is 2. The monoisotopic (exact) mass is 355 g/mol. The molecule has 0 amide bonds. The maximum absolute atomic E-state index is 11.6. The van der Waals surface area contributed by atoms with Gasteiger partial charge in [-0.25, -0.2) is 0 Å². The zero-order valence-electron chi connectivity index (χ0n) is 12.9. The van der Waals surface area contributed by atoms with E-state index in [0.717, 1.165) is 11.8 Å². The van der Waals surface area contributed by atoms with Gasteiger partial charge in [-0.05, 0) is 11.1 Å². The van der Waals surface area contributed by atoms with E-state index in [2.05, 4.69) is 10.0 Å². The van der Waals surface area contributed by atoms with Gasteiger partial charge in [0.05, 0.1) is 19.5 Å². The molecule has 0 aromatic heterocycles. The summed E-state index contributed by atoms with van der Waals surface area (Å²) in [5.41, 5.74) is 9.67. The summed E-state index contributed by atoms with van der Waals surface area (Å²) in [6, 6.07) is 8.44. The van der Waals surface area contributed by atoms with Crippen LogP contribution in [0.3, 0.4) is 0 Å². The van der Waals surface area contributed by atoms with Gasteiger partial charge in [-0.3, -0.25) is 4.18 Å². The lowest BCUT2D eigenvalue weighted by molar-refractivity contribution is -0.188. The average molecular weight is 355 g/mol. The Morgan fingerprint density at radius 1 is 1.33 bits per heavy atom. The molecule has 2 heterocycles. The van der Waals surface area contributed by atoms with Crippen LogP contribution in [0.4, 0.5) is 0 Å². The minimum absolute atomic E-state index is 0.213. The van der Waals surface area contributed by atoms with Crippen LogP contribution in [-0.4, -0.2) is 51.9 Å². The molecule has 2 bridgehead atoms. The topological polar surface area (TPSA) is 120 Å². The third-order valence-corrected chi connectivity index (χ3v) is 4.37. The molecule has 0 saturated carbocycles. The molecule has 0 aliphatic carbocycles. The Kier molecular flexibility index (Phi) is 5.04. The SMILES string of the molecule is CS(=O)(=O)O[C@@H]1[C@@H](N=[N+]=[N-])[C@@H]2OC[C@@H](O2)[C@H]1OCc1ccccc1. The Balaban J connectivity index is 1.83. The van der Waals surface area contributed by atoms with Gasteiger partial charge in [-0.15, -0.1) is 0 Å². The molecule has 9 nitrogen and oxygen atoms in total. The maximum atomic E-state index is 11.6. The second-order valence-corrected chi connectivity index (χ2v) is 7.20. The molecule has 0 unspecified atom stereocenters. The summed E-state index contributed by atoms with van der Waals surface area (Å²) in [6.07, 6.45) is -2.14. The zero-order chi connectivity index (χ0) is 17.2. The van der Waals surface area contributed by atoms with Gasteiger partial charge in [0.25, 0.3) is 10.1 Å². The van der Waals surface area contributed by atoms with Gasteiger partial charge in [-0.2, -0.15) is 8.42 Å². The van der Waals surface area contributed by atoms with Gasteiger partial charge in [0.2, 0.25) is 0 Å². The molecule has 10 heteroatoms. The quantitative estimate of drug-likeness (QED) is 0.329. The number of rotatable bonds is 6. The first kappa shape index (κ1) is 17.2. The van der Waals surface area contributed by atoms with Crippen LogP contribution in [-0.2, 0) is 35.1 Å². The van der Waals surface area contributed by atoms with Crippen LogP contribution in [0.1, 0.15) is 5.56 Å². The molecule has 1 aromatic rings. The molecule has 2 saturated heterocycles. The fourth-order valence-corrected chi connectivity index (χ4v) is 3.44. The largest absolute Gasteiger partial charge is 0.368 e. The third kappa shape index (κ3) is 3.86. The molecule has 1 aromatic carbocycles. The predicted molar refractivity (Wildman–Crippen MR) is 82.3 cm³/mol. The number of hydrogen-bond donors (Lipinski definition) is 0. The summed E-state index contributed by atoms with van der Waals surface area (Å²) in [6.45, 7) is 0.452. The predicted octanol–water partition coefficient (Wildman–Crippen LogP) is 1.35. The summed E-state index contributed by atoms with van der Waals surface area (Å²) < 4.78 is 45.3. The summed E-state index contributed by atoms with van der Waals surface area (Å²) >= 11 is 0. The zero-order valence-corrected chi connectivity index (χ0v) is 13.7. The highest BCUT2D eigenvalue weighted by Crippen LogP contribution is 2.34. The van der Waals surface area contributed by atoms with Crippen LogP contribution in [0.25, 0.3) is 10.4 Å². The molecule has 2 fully saturated rings. The van der Waals surface area contributed by atoms with Crippen molar-refractivity contribution in [3.05, 3.63) is 46.3 Å². The Morgan fingerprint density at radius 3 is 2.75 bits per heavy atom. The van der Waals surface area contributed by atoms with Crippen LogP contribution in [0, 0.1) is 0 Å². The van der Waals surface area contributed by atoms with Gasteiger partial charge in [0.15, 0.2) is 6.29 Å². The first-order chi connectivity index (χ1) is 11.5. The lowest BCUT2D eigenvalue weighted by atomic mass is 9.99. The van der Waals surface area contributed by atoms with E-state index < -0.39 is 40.8 Å². The van der Waals surface area contributed by atoms with E-state index in [1.165, 1.54) is 0 Å². The van der Waals surface area contributed by atoms with Crippen molar-refractivity contribution < 1.29 is 26.8 Å². The standard InChI is InChI=1S/C14H17N3O6S/c1-24(18,19)23-13-11(16-17-15)14-21-8-10(22-14)12(13)20-7-9-5-3-2-4-6-9/h2-6,10-14H,7-8H2,1H3/t10-,11-,12-,13-,14-/m1/s1. The van der Waals surface area contributed by atoms with E-state index in [4.69, 9.17) is 23.9 Å². The number of hydrogen-bond acceptors (Lipinski definition) is 7. The van der Waals surface area contributed by atoms with Crippen LogP contribution in [0.5, 0.6) is 0 Å². The maximum Gasteiger partial charge on any atom is 0.264 e. The Bertz CT molecular complexity index is 721. The lowest BCUT2D eigenvalue weighted by Crippen LogP contribution is -2.55. The third-order valence-electron chi connectivity index (χ3n) is 3.80. The number of nitrogens with zero attached hydrogens (tertiary/aromatic N) is 3. The molecule has 0 radical (unpaired) electrons. The molecule has 2 aliphatic heterocycles. The van der Waals surface area contributed by atoms with E-state index >= 15 is 0 Å². The Morgan fingerprint density at radius 2 is 2.08 bits per heavy atom. The van der Waals surface area contributed by atoms with Crippen molar-refractivity contribution in [2.24, 2.45) is 5.11 Å². The molecule has 24 heavy (non-hydrogen) atoms. The number of benzene rings is 1. The van der Waals surface area contributed by atoms with Gasteiger partial charge in [0.1, 0.15) is 24.4 Å². The minimum Gasteiger partial charge on any atom is -0.368 e. The second kappa shape index (κ2) is 7.06. The summed E-state index contributed by atoms with van der Waals surface area (Å²) in [4.78, 5) is 2.74. The Labute approximate surface area is 139 Å². The van der Waals surface area contributed by atoms with Crippen molar-refractivity contribution in [3.63, 3.8) is 0 Å². The first-order valence-electron chi connectivity index (χ1n) is 7.33. The van der Waals surface area contributed by atoms with Gasteiger partial charge >= 0.3 is 0 Å². The molecule has 130 valence electrons. The smallest absolute Gasteiger partial charge is 0.264 e. The van der Waals surface area contributed by atoms with E-state index in [9.17, 15) is 8.42 Å². The van der Waals surface area contributed by atoms with Crippen molar-refractivity contribution in [1.29, 1.82) is 0 Å². The van der Waals surface area contributed by atoms with E-state index in [1.54, 1.807) is 0 Å². The Hall–Kier alpha value is -1.68.